The van der Waals surface area contributed by atoms with Crippen LogP contribution in [0.5, 0.6) is 0 Å². The summed E-state index contributed by atoms with van der Waals surface area (Å²) in [4.78, 5) is 35.6. The molecule has 7 nitrogen and oxygen atoms in total. The molecule has 122 valence electrons. The maximum absolute atomic E-state index is 12.1. The van der Waals surface area contributed by atoms with E-state index in [1.165, 1.54) is 0 Å². The molecule has 3 atom stereocenters. The van der Waals surface area contributed by atoms with Crippen molar-refractivity contribution >= 4 is 18.0 Å². The van der Waals surface area contributed by atoms with Gasteiger partial charge in [-0.2, -0.15) is 0 Å². The molecule has 22 heavy (non-hydrogen) atoms. The number of hydrogen-bond donors (Lipinski definition) is 2. The van der Waals surface area contributed by atoms with E-state index in [0.29, 0.717) is 23.6 Å². The van der Waals surface area contributed by atoms with Crippen LogP contribution < -0.4 is 10.6 Å². The van der Waals surface area contributed by atoms with Gasteiger partial charge in [0.2, 0.25) is 0 Å². The first-order valence-electron chi connectivity index (χ1n) is 7.62. The number of rotatable bonds is 6. The molecule has 2 amide bonds. The summed E-state index contributed by atoms with van der Waals surface area (Å²) in [5.74, 6) is -0.514. The molecular formula is C15H22N2O5. The molecule has 1 heterocycles. The Morgan fingerprint density at radius 3 is 2.50 bits per heavy atom. The third-order valence-electron chi connectivity index (χ3n) is 3.92. The molecule has 0 aromatic rings. The van der Waals surface area contributed by atoms with Crippen LogP contribution in [0.1, 0.15) is 33.6 Å². The zero-order chi connectivity index (χ0) is 16.3. The van der Waals surface area contributed by atoms with E-state index in [9.17, 15) is 14.4 Å². The summed E-state index contributed by atoms with van der Waals surface area (Å²) < 4.78 is 10.3. The maximum atomic E-state index is 12.1. The van der Waals surface area contributed by atoms with Crippen molar-refractivity contribution in [2.75, 3.05) is 13.2 Å². The highest BCUT2D eigenvalue weighted by molar-refractivity contribution is 5.94. The lowest BCUT2D eigenvalue weighted by molar-refractivity contribution is -0.145. The normalized spacial score (nSPS) is 26.9. The number of hydrogen-bond acceptors (Lipinski definition) is 5. The van der Waals surface area contributed by atoms with E-state index in [4.69, 9.17) is 9.47 Å². The molecule has 7 heteroatoms. The lowest BCUT2D eigenvalue weighted by atomic mass is 10.0. The van der Waals surface area contributed by atoms with Crippen LogP contribution in [-0.2, 0) is 19.1 Å². The Labute approximate surface area is 129 Å². The second-order valence-corrected chi connectivity index (χ2v) is 5.60. The third-order valence-corrected chi connectivity index (χ3v) is 3.92. The van der Waals surface area contributed by atoms with Crippen LogP contribution in [-0.4, -0.2) is 37.2 Å². The van der Waals surface area contributed by atoms with Gasteiger partial charge < -0.3 is 20.1 Å². The first-order chi connectivity index (χ1) is 10.5. The third kappa shape index (κ3) is 3.58. The molecule has 1 aliphatic carbocycles. The van der Waals surface area contributed by atoms with Crippen LogP contribution >= 0.6 is 0 Å². The van der Waals surface area contributed by atoms with Gasteiger partial charge >= 0.3 is 18.0 Å². The summed E-state index contributed by atoms with van der Waals surface area (Å²) in [7, 11) is 0. The SMILES string of the molecule is CCOC(=O)C1=C(COC(=O)[C@H]2C[C@@H]2C)NC(=O)N[C@@H]1CC. The van der Waals surface area contributed by atoms with Crippen LogP contribution in [0.2, 0.25) is 0 Å². The summed E-state index contributed by atoms with van der Waals surface area (Å²) >= 11 is 0. The van der Waals surface area contributed by atoms with Gasteiger partial charge in [0.15, 0.2) is 0 Å². The second kappa shape index (κ2) is 6.81. The molecule has 0 radical (unpaired) electrons. The van der Waals surface area contributed by atoms with E-state index >= 15 is 0 Å². The monoisotopic (exact) mass is 310 g/mol. The van der Waals surface area contributed by atoms with Gasteiger partial charge in [0.25, 0.3) is 0 Å². The number of carbonyl (C=O) groups excluding carboxylic acids is 3. The minimum atomic E-state index is -0.507. The topological polar surface area (TPSA) is 93.7 Å². The van der Waals surface area contributed by atoms with E-state index in [2.05, 4.69) is 10.6 Å². The average molecular weight is 310 g/mol. The van der Waals surface area contributed by atoms with Crippen molar-refractivity contribution in [3.63, 3.8) is 0 Å². The molecule has 1 saturated carbocycles. The summed E-state index contributed by atoms with van der Waals surface area (Å²) in [5, 5.41) is 5.21. The van der Waals surface area contributed by atoms with Gasteiger partial charge in [-0.1, -0.05) is 13.8 Å². The molecule has 0 unspecified atom stereocenters. The molecule has 2 aliphatic rings. The molecule has 0 spiro atoms. The van der Waals surface area contributed by atoms with Crippen molar-refractivity contribution in [1.82, 2.24) is 10.6 Å². The fourth-order valence-corrected chi connectivity index (χ4v) is 2.48. The second-order valence-electron chi connectivity index (χ2n) is 5.60. The Kier molecular flexibility index (Phi) is 5.05. The zero-order valence-corrected chi connectivity index (χ0v) is 13.1. The Hall–Kier alpha value is -2.05. The molecule has 0 aromatic carbocycles. The van der Waals surface area contributed by atoms with Crippen LogP contribution in [0.3, 0.4) is 0 Å². The molecule has 0 saturated heterocycles. The van der Waals surface area contributed by atoms with Crippen LogP contribution in [0.4, 0.5) is 4.79 Å². The number of amides is 2. The minimum absolute atomic E-state index is 0.0639. The largest absolute Gasteiger partial charge is 0.463 e. The Bertz CT molecular complexity index is 514. The predicted molar refractivity (Wildman–Crippen MR) is 77.6 cm³/mol. The first kappa shape index (κ1) is 16.3. The lowest BCUT2D eigenvalue weighted by Crippen LogP contribution is -2.51. The lowest BCUT2D eigenvalue weighted by Gasteiger charge is -2.28. The number of carbonyl (C=O) groups is 3. The average Bonchev–Trinajstić information content (AvgIpc) is 3.21. The van der Waals surface area contributed by atoms with E-state index in [1.807, 2.05) is 13.8 Å². The van der Waals surface area contributed by atoms with Gasteiger partial charge in [0.05, 0.1) is 29.8 Å². The summed E-state index contributed by atoms with van der Waals surface area (Å²) in [6.07, 6.45) is 1.37. The number of esters is 2. The van der Waals surface area contributed by atoms with Crippen molar-refractivity contribution in [1.29, 1.82) is 0 Å². The van der Waals surface area contributed by atoms with E-state index in [1.54, 1.807) is 6.92 Å². The van der Waals surface area contributed by atoms with Gasteiger partial charge in [-0.3, -0.25) is 4.79 Å². The van der Waals surface area contributed by atoms with Crippen molar-refractivity contribution < 1.29 is 23.9 Å². The van der Waals surface area contributed by atoms with Crippen molar-refractivity contribution in [3.8, 4) is 0 Å². The fourth-order valence-electron chi connectivity index (χ4n) is 2.48. The molecule has 0 aromatic heterocycles. The molecule has 0 bridgehead atoms. The van der Waals surface area contributed by atoms with Crippen LogP contribution in [0, 0.1) is 11.8 Å². The van der Waals surface area contributed by atoms with Crippen molar-refractivity contribution in [2.24, 2.45) is 11.8 Å². The maximum Gasteiger partial charge on any atom is 0.338 e. The Balaban J connectivity index is 2.13. The molecule has 2 rings (SSSR count). The highest BCUT2D eigenvalue weighted by Gasteiger charge is 2.41. The number of ether oxygens (including phenoxy) is 2. The van der Waals surface area contributed by atoms with Crippen molar-refractivity contribution in [3.05, 3.63) is 11.3 Å². The van der Waals surface area contributed by atoms with Gasteiger partial charge in [-0.05, 0) is 25.7 Å². The van der Waals surface area contributed by atoms with E-state index in [-0.39, 0.29) is 25.1 Å². The van der Waals surface area contributed by atoms with E-state index < -0.39 is 18.0 Å². The first-order valence-corrected chi connectivity index (χ1v) is 7.62. The van der Waals surface area contributed by atoms with Gasteiger partial charge in [0.1, 0.15) is 6.61 Å². The number of urea groups is 1. The molecule has 1 fully saturated rings. The van der Waals surface area contributed by atoms with Crippen LogP contribution in [0.15, 0.2) is 11.3 Å². The molecular weight excluding hydrogens is 288 g/mol. The summed E-state index contributed by atoms with van der Waals surface area (Å²) in [6, 6.07) is -0.855. The highest BCUT2D eigenvalue weighted by Crippen LogP contribution is 2.38. The standard InChI is InChI=1S/C15H22N2O5/c1-4-10-12(14(19)21-5-2)11(17-15(20)16-10)7-22-13(18)9-6-8(9)3/h8-10H,4-7H2,1-3H3,(H2,16,17,20)/t8-,9-,10+/m0/s1. The quantitative estimate of drug-likeness (QED) is 0.716. The van der Waals surface area contributed by atoms with Gasteiger partial charge in [-0.15, -0.1) is 0 Å². The van der Waals surface area contributed by atoms with Gasteiger partial charge in [-0.25, -0.2) is 9.59 Å². The van der Waals surface area contributed by atoms with Gasteiger partial charge in [0, 0.05) is 0 Å². The van der Waals surface area contributed by atoms with Crippen molar-refractivity contribution in [2.45, 2.75) is 39.7 Å². The number of nitrogens with one attached hydrogen (secondary N) is 2. The highest BCUT2D eigenvalue weighted by atomic mass is 16.5. The minimum Gasteiger partial charge on any atom is -0.463 e. The van der Waals surface area contributed by atoms with Crippen LogP contribution in [0.25, 0.3) is 0 Å². The summed E-state index contributed by atoms with van der Waals surface area (Å²) in [5.41, 5.74) is 0.622. The zero-order valence-electron chi connectivity index (χ0n) is 13.1. The molecule has 1 aliphatic heterocycles. The summed E-state index contributed by atoms with van der Waals surface area (Å²) in [6.45, 7) is 5.65. The fraction of sp³-hybridized carbons (Fsp3) is 0.667. The molecule has 2 N–H and O–H groups in total. The van der Waals surface area contributed by atoms with E-state index in [0.717, 1.165) is 6.42 Å². The Morgan fingerprint density at radius 1 is 1.27 bits per heavy atom. The predicted octanol–water partition coefficient (Wildman–Crippen LogP) is 1.09. The smallest absolute Gasteiger partial charge is 0.338 e. The Morgan fingerprint density at radius 2 is 1.95 bits per heavy atom.